The molecule has 0 aromatic carbocycles. The Morgan fingerprint density at radius 3 is 3.00 bits per heavy atom. The third-order valence-electron chi connectivity index (χ3n) is 4.57. The van der Waals surface area contributed by atoms with Crippen molar-refractivity contribution >= 4 is 29.2 Å². The molecule has 1 aromatic heterocycles. The summed E-state index contributed by atoms with van der Waals surface area (Å²) in [7, 11) is 0. The number of hydrogen-bond acceptors (Lipinski definition) is 6. The Labute approximate surface area is 126 Å². The van der Waals surface area contributed by atoms with Gasteiger partial charge in [0.2, 0.25) is 5.91 Å². The van der Waals surface area contributed by atoms with Crippen molar-refractivity contribution in [2.75, 3.05) is 31.1 Å². The molecule has 1 amide bonds. The molecular weight excluding hydrogens is 292 g/mol. The quantitative estimate of drug-likeness (QED) is 0.821. The molecular formula is C13H18N4OS2. The maximum atomic E-state index is 12.7. The second kappa shape index (κ2) is 5.27. The van der Waals surface area contributed by atoms with Gasteiger partial charge in [-0.3, -0.25) is 9.69 Å². The summed E-state index contributed by atoms with van der Waals surface area (Å²) in [4.78, 5) is 18.4. The monoisotopic (exact) mass is 310 g/mol. The summed E-state index contributed by atoms with van der Waals surface area (Å²) in [5.74, 6) is 2.62. The van der Waals surface area contributed by atoms with Crippen LogP contribution in [0.5, 0.6) is 0 Å². The van der Waals surface area contributed by atoms with Gasteiger partial charge in [0.15, 0.2) is 0 Å². The Hall–Kier alpha value is -0.660. The van der Waals surface area contributed by atoms with Gasteiger partial charge in [0, 0.05) is 37.1 Å². The predicted octanol–water partition coefficient (Wildman–Crippen LogP) is 1.18. The molecule has 4 rings (SSSR count). The third-order valence-corrected chi connectivity index (χ3v) is 6.38. The van der Waals surface area contributed by atoms with E-state index in [1.165, 1.54) is 16.4 Å². The predicted molar refractivity (Wildman–Crippen MR) is 80.0 cm³/mol. The largest absolute Gasteiger partial charge is 0.330 e. The number of carbonyl (C=O) groups is 1. The molecule has 2 fully saturated rings. The van der Waals surface area contributed by atoms with Crippen LogP contribution in [0.3, 0.4) is 0 Å². The fraction of sp³-hybridized carbons (Fsp3) is 0.769. The number of fused-ring (bicyclic) bond motifs is 4. The molecule has 7 heteroatoms. The lowest BCUT2D eigenvalue weighted by Gasteiger charge is -2.36. The van der Waals surface area contributed by atoms with E-state index in [2.05, 4.69) is 19.4 Å². The molecule has 108 valence electrons. The molecule has 0 N–H and O–H groups in total. The Morgan fingerprint density at radius 2 is 2.15 bits per heavy atom. The number of carbonyl (C=O) groups excluding carboxylic acids is 1. The van der Waals surface area contributed by atoms with Crippen molar-refractivity contribution < 1.29 is 4.79 Å². The van der Waals surface area contributed by atoms with E-state index in [-0.39, 0.29) is 6.04 Å². The van der Waals surface area contributed by atoms with Crippen molar-refractivity contribution in [1.29, 1.82) is 0 Å². The highest BCUT2D eigenvalue weighted by Crippen LogP contribution is 2.44. The average molecular weight is 310 g/mol. The first-order valence-corrected chi connectivity index (χ1v) is 9.18. The van der Waals surface area contributed by atoms with Crippen molar-refractivity contribution in [3.8, 4) is 0 Å². The molecule has 0 spiro atoms. The summed E-state index contributed by atoms with van der Waals surface area (Å²) >= 11 is 3.47. The topological polar surface area (TPSA) is 49.3 Å². The molecule has 3 aliphatic rings. The summed E-state index contributed by atoms with van der Waals surface area (Å²) in [6.07, 6.45) is 3.11. The molecule has 5 nitrogen and oxygen atoms in total. The molecule has 2 atom stereocenters. The summed E-state index contributed by atoms with van der Waals surface area (Å²) in [6.45, 7) is 2.69. The average Bonchev–Trinajstić information content (AvgIpc) is 3.05. The van der Waals surface area contributed by atoms with Crippen LogP contribution in [-0.4, -0.2) is 62.5 Å². The van der Waals surface area contributed by atoms with E-state index in [1.807, 2.05) is 11.8 Å². The Morgan fingerprint density at radius 1 is 1.30 bits per heavy atom. The van der Waals surface area contributed by atoms with Crippen molar-refractivity contribution in [3.05, 3.63) is 10.6 Å². The SMILES string of the molecule is O=C(CN1CCSCC1)N1[C@@H]2CC[C@H]1c1snnc1C2. The molecule has 20 heavy (non-hydrogen) atoms. The van der Waals surface area contributed by atoms with Crippen LogP contribution in [0.2, 0.25) is 0 Å². The van der Waals surface area contributed by atoms with Gasteiger partial charge in [-0.15, -0.1) is 5.10 Å². The van der Waals surface area contributed by atoms with Gasteiger partial charge in [0.1, 0.15) is 0 Å². The van der Waals surface area contributed by atoms with Crippen LogP contribution >= 0.6 is 23.3 Å². The minimum Gasteiger partial charge on any atom is -0.330 e. The van der Waals surface area contributed by atoms with Crippen LogP contribution < -0.4 is 0 Å². The van der Waals surface area contributed by atoms with E-state index in [9.17, 15) is 4.79 Å². The fourth-order valence-corrected chi connectivity index (χ4v) is 5.37. The summed E-state index contributed by atoms with van der Waals surface area (Å²) in [5.41, 5.74) is 1.14. The van der Waals surface area contributed by atoms with E-state index in [4.69, 9.17) is 0 Å². The number of amides is 1. The number of rotatable bonds is 2. The van der Waals surface area contributed by atoms with E-state index in [1.54, 1.807) is 0 Å². The lowest BCUT2D eigenvalue weighted by atomic mass is 10.1. The van der Waals surface area contributed by atoms with E-state index in [0.717, 1.165) is 49.6 Å². The van der Waals surface area contributed by atoms with Crippen LogP contribution in [0.25, 0.3) is 0 Å². The minimum absolute atomic E-state index is 0.260. The first kappa shape index (κ1) is 13.0. The highest BCUT2D eigenvalue weighted by Gasteiger charge is 2.44. The Bertz CT molecular complexity index is 514. The zero-order valence-corrected chi connectivity index (χ0v) is 13.0. The van der Waals surface area contributed by atoms with Gasteiger partial charge in [-0.2, -0.15) is 11.8 Å². The standard InChI is InChI=1S/C13H18N4OS2/c18-12(8-16-3-5-19-6-4-16)17-9-1-2-11(17)13-10(7-9)14-15-20-13/h9,11H,1-8H2/t9-,11+/m1/s1. The molecule has 0 aliphatic carbocycles. The third kappa shape index (κ3) is 2.16. The summed E-state index contributed by atoms with van der Waals surface area (Å²) < 4.78 is 4.07. The van der Waals surface area contributed by atoms with Gasteiger partial charge in [0.25, 0.3) is 0 Å². The number of aromatic nitrogens is 2. The van der Waals surface area contributed by atoms with E-state index in [0.29, 0.717) is 18.5 Å². The minimum atomic E-state index is 0.260. The molecule has 1 aromatic rings. The molecule has 2 bridgehead atoms. The Kier molecular flexibility index (Phi) is 3.44. The first-order chi connectivity index (χ1) is 9.83. The van der Waals surface area contributed by atoms with Crippen LogP contribution in [0.4, 0.5) is 0 Å². The lowest BCUT2D eigenvalue weighted by Crippen LogP contribution is -2.47. The zero-order chi connectivity index (χ0) is 13.5. The lowest BCUT2D eigenvalue weighted by molar-refractivity contribution is -0.135. The second-order valence-corrected chi connectivity index (χ2v) is 7.73. The molecule has 3 aliphatic heterocycles. The number of nitrogens with zero attached hydrogens (tertiary/aromatic N) is 4. The molecule has 0 unspecified atom stereocenters. The van der Waals surface area contributed by atoms with Crippen molar-refractivity contribution in [2.24, 2.45) is 0 Å². The molecule has 0 saturated carbocycles. The van der Waals surface area contributed by atoms with Gasteiger partial charge in [-0.05, 0) is 24.4 Å². The van der Waals surface area contributed by atoms with Crippen molar-refractivity contribution in [1.82, 2.24) is 19.4 Å². The van der Waals surface area contributed by atoms with Crippen molar-refractivity contribution in [3.63, 3.8) is 0 Å². The normalized spacial score (nSPS) is 29.5. The van der Waals surface area contributed by atoms with Gasteiger partial charge >= 0.3 is 0 Å². The second-order valence-electron chi connectivity index (χ2n) is 5.72. The maximum absolute atomic E-state index is 12.7. The van der Waals surface area contributed by atoms with E-state index < -0.39 is 0 Å². The summed E-state index contributed by atoms with van der Waals surface area (Å²) in [5, 5.41) is 4.22. The van der Waals surface area contributed by atoms with E-state index >= 15 is 0 Å². The van der Waals surface area contributed by atoms with Crippen molar-refractivity contribution in [2.45, 2.75) is 31.3 Å². The molecule has 2 saturated heterocycles. The first-order valence-electron chi connectivity index (χ1n) is 7.25. The number of hydrogen-bond donors (Lipinski definition) is 0. The Balaban J connectivity index is 1.50. The highest BCUT2D eigenvalue weighted by atomic mass is 32.2. The van der Waals surface area contributed by atoms with Crippen LogP contribution in [0.15, 0.2) is 0 Å². The van der Waals surface area contributed by atoms with Crippen LogP contribution in [-0.2, 0) is 11.2 Å². The fourth-order valence-electron chi connectivity index (χ4n) is 3.58. The van der Waals surface area contributed by atoms with Gasteiger partial charge in [-0.1, -0.05) is 4.49 Å². The zero-order valence-electron chi connectivity index (χ0n) is 11.3. The summed E-state index contributed by atoms with van der Waals surface area (Å²) in [6, 6.07) is 0.624. The number of thioether (sulfide) groups is 1. The van der Waals surface area contributed by atoms with Crippen LogP contribution in [0.1, 0.15) is 29.5 Å². The van der Waals surface area contributed by atoms with Crippen LogP contribution in [0, 0.1) is 0 Å². The highest BCUT2D eigenvalue weighted by molar-refractivity contribution is 7.99. The molecule has 4 heterocycles. The van der Waals surface area contributed by atoms with Gasteiger partial charge < -0.3 is 4.90 Å². The van der Waals surface area contributed by atoms with Gasteiger partial charge in [-0.25, -0.2) is 0 Å². The maximum Gasteiger partial charge on any atom is 0.237 e. The molecule has 0 radical (unpaired) electrons. The smallest absolute Gasteiger partial charge is 0.237 e. The van der Waals surface area contributed by atoms with Gasteiger partial charge in [0.05, 0.1) is 23.2 Å².